The van der Waals surface area contributed by atoms with E-state index in [1.54, 1.807) is 23.9 Å². The molecule has 4 rings (SSSR count). The quantitative estimate of drug-likeness (QED) is 0.603. The lowest BCUT2D eigenvalue weighted by molar-refractivity contribution is 0.412. The smallest absolute Gasteiger partial charge is 0.144 e. The van der Waals surface area contributed by atoms with Crippen LogP contribution in [0.15, 0.2) is 36.4 Å². The number of aromatic nitrogens is 2. The summed E-state index contributed by atoms with van der Waals surface area (Å²) in [6, 6.07) is 9.79. The second kappa shape index (κ2) is 7.41. The Balaban J connectivity index is 1.96. The second-order valence-electron chi connectivity index (χ2n) is 6.41. The number of methoxy groups -OCH3 is 1. The molecular weight excluding hydrogens is 388 g/mol. The lowest BCUT2D eigenvalue weighted by Crippen LogP contribution is -2.08. The summed E-state index contributed by atoms with van der Waals surface area (Å²) < 4.78 is 20.8. The van der Waals surface area contributed by atoms with Gasteiger partial charge >= 0.3 is 0 Å². The van der Waals surface area contributed by atoms with Gasteiger partial charge < -0.3 is 10.1 Å². The Hall–Kier alpha value is -2.24. The number of hydrogen-bond acceptors (Lipinski definition) is 3. The summed E-state index contributed by atoms with van der Waals surface area (Å²) in [6.07, 6.45) is 2.94. The van der Waals surface area contributed by atoms with Gasteiger partial charge in [-0.15, -0.1) is 0 Å². The van der Waals surface area contributed by atoms with Crippen LogP contribution in [-0.4, -0.2) is 23.4 Å². The number of ether oxygens (including phenoxy) is 1. The minimum atomic E-state index is -0.371. The molecule has 1 aliphatic heterocycles. The number of fused-ring (bicyclic) bond motifs is 1. The van der Waals surface area contributed by atoms with Gasteiger partial charge in [-0.3, -0.25) is 0 Å². The summed E-state index contributed by atoms with van der Waals surface area (Å²) in [5, 5.41) is 9.22. The van der Waals surface area contributed by atoms with Crippen molar-refractivity contribution >= 4 is 29.0 Å². The maximum atomic E-state index is 13.5. The molecule has 0 unspecified atom stereocenters. The van der Waals surface area contributed by atoms with Crippen LogP contribution in [0.3, 0.4) is 0 Å². The number of anilines is 1. The van der Waals surface area contributed by atoms with E-state index in [9.17, 15) is 4.39 Å². The average molecular weight is 406 g/mol. The van der Waals surface area contributed by atoms with Gasteiger partial charge in [-0.2, -0.15) is 5.10 Å². The first-order chi connectivity index (χ1) is 13.1. The molecule has 1 aromatic heterocycles. The maximum Gasteiger partial charge on any atom is 0.144 e. The predicted molar refractivity (Wildman–Crippen MR) is 107 cm³/mol. The molecule has 4 nitrogen and oxygen atoms in total. The number of hydrogen-bond donors (Lipinski definition) is 1. The van der Waals surface area contributed by atoms with E-state index in [0.29, 0.717) is 21.4 Å². The zero-order chi connectivity index (χ0) is 19.0. The molecule has 0 atom stereocenters. The molecule has 0 radical (unpaired) electrons. The van der Waals surface area contributed by atoms with Gasteiger partial charge in [0.1, 0.15) is 23.1 Å². The molecule has 0 spiro atoms. The molecule has 0 bridgehead atoms. The highest BCUT2D eigenvalue weighted by atomic mass is 35.5. The minimum absolute atomic E-state index is 0.338. The van der Waals surface area contributed by atoms with Crippen LogP contribution < -0.4 is 10.1 Å². The van der Waals surface area contributed by atoms with E-state index in [2.05, 4.69) is 5.32 Å². The topological polar surface area (TPSA) is 39.1 Å². The van der Waals surface area contributed by atoms with Gasteiger partial charge in [0.2, 0.25) is 0 Å². The van der Waals surface area contributed by atoms with Gasteiger partial charge in [-0.05, 0) is 55.7 Å². The first kappa shape index (κ1) is 18.1. The highest BCUT2D eigenvalue weighted by molar-refractivity contribution is 6.33. The van der Waals surface area contributed by atoms with Crippen LogP contribution in [0.25, 0.3) is 16.9 Å². The van der Waals surface area contributed by atoms with Gasteiger partial charge in [-0.1, -0.05) is 23.2 Å². The Kier molecular flexibility index (Phi) is 4.98. The molecule has 0 saturated carbocycles. The van der Waals surface area contributed by atoms with Crippen LogP contribution in [0, 0.1) is 5.82 Å². The van der Waals surface area contributed by atoms with Crippen molar-refractivity contribution in [2.45, 2.75) is 19.3 Å². The molecule has 0 saturated heterocycles. The van der Waals surface area contributed by atoms with Crippen molar-refractivity contribution in [1.29, 1.82) is 0 Å². The molecule has 2 aromatic carbocycles. The Morgan fingerprint density at radius 1 is 1.15 bits per heavy atom. The first-order valence-corrected chi connectivity index (χ1v) is 9.49. The largest absolute Gasteiger partial charge is 0.494 e. The fourth-order valence-corrected chi connectivity index (χ4v) is 3.83. The third kappa shape index (κ3) is 3.37. The molecule has 0 aliphatic carbocycles. The molecule has 1 aliphatic rings. The number of halogens is 3. The average Bonchev–Trinajstić information content (AvgIpc) is 2.83. The van der Waals surface area contributed by atoms with Crippen molar-refractivity contribution in [2.24, 2.45) is 0 Å². The standard InChI is InChI=1S/C20H18Cl2FN3O/c1-27-18-8-5-12(21)10-17(18)26-20-15(4-2-3-9-24-20)19(25-26)14-7-6-13(23)11-16(14)22/h5-8,10-11,24H,2-4,9H2,1H3. The summed E-state index contributed by atoms with van der Waals surface area (Å²) >= 11 is 12.6. The Morgan fingerprint density at radius 3 is 2.78 bits per heavy atom. The zero-order valence-electron chi connectivity index (χ0n) is 14.7. The normalized spacial score (nSPS) is 13.6. The Labute approximate surface area is 166 Å². The van der Waals surface area contributed by atoms with Crippen LogP contribution in [-0.2, 0) is 6.42 Å². The highest BCUT2D eigenvalue weighted by Gasteiger charge is 2.24. The van der Waals surface area contributed by atoms with E-state index in [1.807, 2.05) is 12.1 Å². The lowest BCUT2D eigenvalue weighted by Gasteiger charge is -2.13. The van der Waals surface area contributed by atoms with Crippen LogP contribution >= 0.6 is 23.2 Å². The number of nitrogens with zero attached hydrogens (tertiary/aromatic N) is 2. The Morgan fingerprint density at radius 2 is 2.00 bits per heavy atom. The summed E-state index contributed by atoms with van der Waals surface area (Å²) in [4.78, 5) is 0. The van der Waals surface area contributed by atoms with Crippen molar-refractivity contribution in [3.8, 4) is 22.7 Å². The van der Waals surface area contributed by atoms with Gasteiger partial charge in [0.25, 0.3) is 0 Å². The third-order valence-electron chi connectivity index (χ3n) is 4.68. The first-order valence-electron chi connectivity index (χ1n) is 8.73. The monoisotopic (exact) mass is 405 g/mol. The van der Waals surface area contributed by atoms with Gasteiger partial charge in [0, 0.05) is 22.7 Å². The van der Waals surface area contributed by atoms with Crippen molar-refractivity contribution < 1.29 is 9.13 Å². The van der Waals surface area contributed by atoms with E-state index in [0.717, 1.165) is 48.6 Å². The SMILES string of the molecule is COc1ccc(Cl)cc1-n1nc(-c2ccc(F)cc2Cl)c2c1NCCCC2. The van der Waals surface area contributed by atoms with Crippen LogP contribution in [0.2, 0.25) is 10.0 Å². The van der Waals surface area contributed by atoms with E-state index >= 15 is 0 Å². The summed E-state index contributed by atoms with van der Waals surface area (Å²) in [5.74, 6) is 1.18. The molecular formula is C20H18Cl2FN3O. The molecule has 0 amide bonds. The number of benzene rings is 2. The van der Waals surface area contributed by atoms with Gasteiger partial charge in [-0.25, -0.2) is 9.07 Å². The maximum absolute atomic E-state index is 13.5. The molecule has 1 N–H and O–H groups in total. The van der Waals surface area contributed by atoms with Gasteiger partial charge in [0.05, 0.1) is 17.8 Å². The van der Waals surface area contributed by atoms with Crippen LogP contribution in [0.1, 0.15) is 18.4 Å². The van der Waals surface area contributed by atoms with Crippen molar-refractivity contribution in [1.82, 2.24) is 9.78 Å². The summed E-state index contributed by atoms with van der Waals surface area (Å²) in [6.45, 7) is 0.845. The molecule has 2 heterocycles. The molecule has 140 valence electrons. The van der Waals surface area contributed by atoms with E-state index in [1.165, 1.54) is 12.1 Å². The second-order valence-corrected chi connectivity index (χ2v) is 7.26. The number of nitrogens with one attached hydrogen (secondary N) is 1. The summed E-state index contributed by atoms with van der Waals surface area (Å²) in [5.41, 5.74) is 3.24. The highest BCUT2D eigenvalue weighted by Crippen LogP contribution is 2.39. The van der Waals surface area contributed by atoms with Crippen molar-refractivity contribution in [2.75, 3.05) is 19.0 Å². The fraction of sp³-hybridized carbons (Fsp3) is 0.250. The van der Waals surface area contributed by atoms with Crippen molar-refractivity contribution in [3.05, 3.63) is 57.8 Å². The Bertz CT molecular complexity index is 1000. The summed E-state index contributed by atoms with van der Waals surface area (Å²) in [7, 11) is 1.61. The van der Waals surface area contributed by atoms with Crippen molar-refractivity contribution in [3.63, 3.8) is 0 Å². The predicted octanol–water partition coefficient (Wildman–Crippen LogP) is 5.74. The van der Waals surface area contributed by atoms with E-state index < -0.39 is 0 Å². The zero-order valence-corrected chi connectivity index (χ0v) is 16.2. The lowest BCUT2D eigenvalue weighted by atomic mass is 10.0. The fourth-order valence-electron chi connectivity index (χ4n) is 3.40. The number of rotatable bonds is 3. The van der Waals surface area contributed by atoms with Gasteiger partial charge in [0.15, 0.2) is 0 Å². The molecule has 0 fully saturated rings. The molecule has 27 heavy (non-hydrogen) atoms. The van der Waals surface area contributed by atoms with E-state index in [4.69, 9.17) is 33.0 Å². The van der Waals surface area contributed by atoms with Crippen LogP contribution in [0.5, 0.6) is 5.75 Å². The van der Waals surface area contributed by atoms with Crippen LogP contribution in [0.4, 0.5) is 10.2 Å². The molecule has 3 aromatic rings. The third-order valence-corrected chi connectivity index (χ3v) is 5.23. The van der Waals surface area contributed by atoms with E-state index in [-0.39, 0.29) is 5.82 Å². The minimum Gasteiger partial charge on any atom is -0.494 e. The molecule has 7 heteroatoms.